The van der Waals surface area contributed by atoms with Crippen molar-refractivity contribution in [2.75, 3.05) is 13.1 Å². The molecule has 0 radical (unpaired) electrons. The Balaban J connectivity index is 2.64. The highest BCUT2D eigenvalue weighted by atomic mass is 19.3. The molecule has 1 heterocycles. The molecular formula is C11H16F2N2O2. The summed E-state index contributed by atoms with van der Waals surface area (Å²) in [7, 11) is 0. The number of nitrogens with two attached hydrogens (primary N) is 1. The lowest BCUT2D eigenvalue weighted by Crippen LogP contribution is -2.41. The number of nitrogens with one attached hydrogen (secondary N) is 1. The summed E-state index contributed by atoms with van der Waals surface area (Å²) in [6, 6.07) is 1.54. The molecule has 0 bridgehead atoms. The summed E-state index contributed by atoms with van der Waals surface area (Å²) in [6.45, 7) is 2.10. The van der Waals surface area contributed by atoms with Gasteiger partial charge in [-0.15, -0.1) is 0 Å². The Bertz CT molecular complexity index is 402. The Labute approximate surface area is 98.2 Å². The molecule has 1 amide bonds. The minimum Gasteiger partial charge on any atom is -0.456 e. The van der Waals surface area contributed by atoms with Crippen LogP contribution in [0.1, 0.15) is 28.8 Å². The molecule has 0 aliphatic heterocycles. The van der Waals surface area contributed by atoms with Gasteiger partial charge in [-0.2, -0.15) is 0 Å². The number of aryl methyl sites for hydroxylation is 2. The van der Waals surface area contributed by atoms with E-state index in [4.69, 9.17) is 10.2 Å². The van der Waals surface area contributed by atoms with E-state index in [1.165, 1.54) is 6.07 Å². The maximum absolute atomic E-state index is 12.8. The van der Waals surface area contributed by atoms with Crippen LogP contribution in [-0.2, 0) is 6.42 Å². The standard InChI is InChI=1S/C11H16F2N2O2/c1-3-8-7(2)4-9(17-8)10(16)15-6-11(12,13)5-14/h4H,3,5-6,14H2,1-2H3,(H,15,16). The number of halogens is 2. The smallest absolute Gasteiger partial charge is 0.287 e. The van der Waals surface area contributed by atoms with Crippen molar-refractivity contribution in [2.24, 2.45) is 5.73 Å². The van der Waals surface area contributed by atoms with Crippen LogP contribution in [0.15, 0.2) is 10.5 Å². The van der Waals surface area contributed by atoms with Crippen molar-refractivity contribution >= 4 is 5.91 Å². The summed E-state index contributed by atoms with van der Waals surface area (Å²) in [5.41, 5.74) is 5.69. The molecule has 0 fully saturated rings. The summed E-state index contributed by atoms with van der Waals surface area (Å²) >= 11 is 0. The van der Waals surface area contributed by atoms with Crippen molar-refractivity contribution in [1.82, 2.24) is 5.32 Å². The van der Waals surface area contributed by atoms with Crippen LogP contribution in [0.25, 0.3) is 0 Å². The monoisotopic (exact) mass is 246 g/mol. The third kappa shape index (κ3) is 3.52. The van der Waals surface area contributed by atoms with Crippen LogP contribution in [-0.4, -0.2) is 24.9 Å². The van der Waals surface area contributed by atoms with Gasteiger partial charge in [0, 0.05) is 6.42 Å². The molecule has 0 aliphatic rings. The van der Waals surface area contributed by atoms with Crippen molar-refractivity contribution in [2.45, 2.75) is 26.2 Å². The molecular weight excluding hydrogens is 230 g/mol. The van der Waals surface area contributed by atoms with Crippen LogP contribution in [0.5, 0.6) is 0 Å². The summed E-state index contributed by atoms with van der Waals surface area (Å²) in [6.07, 6.45) is 0.651. The molecule has 0 aliphatic carbocycles. The van der Waals surface area contributed by atoms with E-state index < -0.39 is 24.9 Å². The molecule has 6 heteroatoms. The zero-order valence-corrected chi connectivity index (χ0v) is 9.85. The first-order valence-corrected chi connectivity index (χ1v) is 5.35. The van der Waals surface area contributed by atoms with Crippen LogP contribution in [0, 0.1) is 6.92 Å². The highest BCUT2D eigenvalue weighted by Gasteiger charge is 2.28. The molecule has 0 aromatic carbocycles. The average Bonchev–Trinajstić information content (AvgIpc) is 2.67. The van der Waals surface area contributed by atoms with Crippen molar-refractivity contribution in [3.05, 3.63) is 23.2 Å². The number of carbonyl (C=O) groups excluding carboxylic acids is 1. The number of rotatable bonds is 5. The predicted octanol–water partition coefficient (Wildman–Crippen LogP) is 1.47. The van der Waals surface area contributed by atoms with Gasteiger partial charge in [0.05, 0.1) is 13.1 Å². The highest BCUT2D eigenvalue weighted by Crippen LogP contribution is 2.15. The number of carbonyl (C=O) groups is 1. The number of amides is 1. The summed E-state index contributed by atoms with van der Waals surface area (Å²) in [5.74, 6) is -3.01. The number of alkyl halides is 2. The van der Waals surface area contributed by atoms with Gasteiger partial charge in [-0.3, -0.25) is 4.79 Å². The van der Waals surface area contributed by atoms with Gasteiger partial charge in [0.2, 0.25) is 0 Å². The number of hydrogen-bond acceptors (Lipinski definition) is 3. The van der Waals surface area contributed by atoms with E-state index in [1.807, 2.05) is 6.92 Å². The Hall–Kier alpha value is -1.43. The maximum Gasteiger partial charge on any atom is 0.287 e. The lowest BCUT2D eigenvalue weighted by Gasteiger charge is -2.13. The first-order valence-electron chi connectivity index (χ1n) is 5.35. The second-order valence-corrected chi connectivity index (χ2v) is 3.81. The third-order valence-corrected chi connectivity index (χ3v) is 2.37. The Morgan fingerprint density at radius 2 is 2.24 bits per heavy atom. The molecule has 0 saturated heterocycles. The molecule has 1 aromatic rings. The van der Waals surface area contributed by atoms with E-state index in [-0.39, 0.29) is 5.76 Å². The molecule has 1 aromatic heterocycles. The lowest BCUT2D eigenvalue weighted by atomic mass is 10.2. The quantitative estimate of drug-likeness (QED) is 0.826. The van der Waals surface area contributed by atoms with Gasteiger partial charge in [0.1, 0.15) is 5.76 Å². The third-order valence-electron chi connectivity index (χ3n) is 2.37. The second-order valence-electron chi connectivity index (χ2n) is 3.81. The molecule has 0 unspecified atom stereocenters. The van der Waals surface area contributed by atoms with Gasteiger partial charge in [0.25, 0.3) is 11.8 Å². The zero-order chi connectivity index (χ0) is 13.1. The van der Waals surface area contributed by atoms with Gasteiger partial charge in [-0.1, -0.05) is 6.92 Å². The van der Waals surface area contributed by atoms with Gasteiger partial charge < -0.3 is 15.5 Å². The van der Waals surface area contributed by atoms with E-state index >= 15 is 0 Å². The molecule has 3 N–H and O–H groups in total. The topological polar surface area (TPSA) is 68.3 Å². The van der Waals surface area contributed by atoms with Gasteiger partial charge in [-0.25, -0.2) is 8.78 Å². The zero-order valence-electron chi connectivity index (χ0n) is 9.85. The minimum absolute atomic E-state index is 0.0483. The van der Waals surface area contributed by atoms with Crippen LogP contribution < -0.4 is 11.1 Å². The van der Waals surface area contributed by atoms with Gasteiger partial charge >= 0.3 is 0 Å². The van der Waals surface area contributed by atoms with Gasteiger partial charge in [0.15, 0.2) is 5.76 Å². The molecule has 4 nitrogen and oxygen atoms in total. The summed E-state index contributed by atoms with van der Waals surface area (Å²) < 4.78 is 30.9. The second kappa shape index (κ2) is 5.27. The normalized spacial score (nSPS) is 11.6. The van der Waals surface area contributed by atoms with Crippen molar-refractivity contribution in [1.29, 1.82) is 0 Å². The van der Waals surface area contributed by atoms with Crippen LogP contribution in [0.4, 0.5) is 8.78 Å². The first kappa shape index (κ1) is 13.6. The Morgan fingerprint density at radius 3 is 2.71 bits per heavy atom. The highest BCUT2D eigenvalue weighted by molar-refractivity contribution is 5.91. The van der Waals surface area contributed by atoms with E-state index in [1.54, 1.807) is 6.92 Å². The fourth-order valence-electron chi connectivity index (χ4n) is 1.35. The van der Waals surface area contributed by atoms with Crippen LogP contribution in [0.3, 0.4) is 0 Å². The van der Waals surface area contributed by atoms with Crippen molar-refractivity contribution < 1.29 is 18.0 Å². The Kier molecular flexibility index (Phi) is 4.22. The van der Waals surface area contributed by atoms with E-state index in [2.05, 4.69) is 5.32 Å². The van der Waals surface area contributed by atoms with Crippen LogP contribution in [0.2, 0.25) is 0 Å². The molecule has 17 heavy (non-hydrogen) atoms. The average molecular weight is 246 g/mol. The number of furan rings is 1. The van der Waals surface area contributed by atoms with E-state index in [0.29, 0.717) is 12.2 Å². The molecule has 1 rings (SSSR count). The van der Waals surface area contributed by atoms with Crippen molar-refractivity contribution in [3.63, 3.8) is 0 Å². The lowest BCUT2D eigenvalue weighted by molar-refractivity contribution is 0.0115. The fraction of sp³-hybridized carbons (Fsp3) is 0.545. The van der Waals surface area contributed by atoms with Gasteiger partial charge in [-0.05, 0) is 18.6 Å². The molecule has 0 atom stereocenters. The Morgan fingerprint density at radius 1 is 1.59 bits per heavy atom. The fourth-order valence-corrected chi connectivity index (χ4v) is 1.35. The molecule has 96 valence electrons. The van der Waals surface area contributed by atoms with Crippen molar-refractivity contribution in [3.8, 4) is 0 Å². The molecule has 0 saturated carbocycles. The first-order chi connectivity index (χ1) is 7.89. The summed E-state index contributed by atoms with van der Waals surface area (Å²) in [4.78, 5) is 11.5. The summed E-state index contributed by atoms with van der Waals surface area (Å²) in [5, 5.41) is 2.09. The van der Waals surface area contributed by atoms with Crippen LogP contribution >= 0.6 is 0 Å². The predicted molar refractivity (Wildman–Crippen MR) is 59.2 cm³/mol. The minimum atomic E-state index is -3.09. The number of hydrogen-bond donors (Lipinski definition) is 2. The van der Waals surface area contributed by atoms with E-state index in [9.17, 15) is 13.6 Å². The SMILES string of the molecule is CCc1oc(C(=O)NCC(F)(F)CN)cc1C. The maximum atomic E-state index is 12.8. The molecule has 0 spiro atoms. The largest absolute Gasteiger partial charge is 0.456 e. The van der Waals surface area contributed by atoms with E-state index in [0.717, 1.165) is 5.56 Å².